The average molecular weight is 210 g/mol. The molecule has 0 heterocycles. The lowest BCUT2D eigenvalue weighted by atomic mass is 10.1. The summed E-state index contributed by atoms with van der Waals surface area (Å²) in [5.74, 6) is -2.06. The first-order valence-corrected chi connectivity index (χ1v) is 4.29. The number of rotatable bonds is 3. The summed E-state index contributed by atoms with van der Waals surface area (Å²) in [4.78, 5) is 10.2. The van der Waals surface area contributed by atoms with E-state index in [4.69, 9.17) is 9.84 Å². The molecule has 1 rings (SSSR count). The van der Waals surface area contributed by atoms with E-state index in [0.29, 0.717) is 11.3 Å². The standard InChI is InChI=1S/C11H11FO3/c1-7-5-8(3-4-10(7)15-2)6-9(12)11(13)14/h3-6H,1-2H3,(H,13,14). The van der Waals surface area contributed by atoms with Crippen molar-refractivity contribution in [2.45, 2.75) is 6.92 Å². The molecule has 80 valence electrons. The van der Waals surface area contributed by atoms with Gasteiger partial charge in [0.25, 0.3) is 0 Å². The normalized spacial score (nSPS) is 11.3. The summed E-state index contributed by atoms with van der Waals surface area (Å²) in [6, 6.07) is 4.91. The quantitative estimate of drug-likeness (QED) is 0.779. The fourth-order valence-electron chi connectivity index (χ4n) is 1.20. The first kappa shape index (κ1) is 11.2. The number of aliphatic carboxylic acids is 1. The van der Waals surface area contributed by atoms with Gasteiger partial charge in [0.2, 0.25) is 5.83 Å². The molecule has 1 aromatic rings. The topological polar surface area (TPSA) is 46.5 Å². The largest absolute Gasteiger partial charge is 0.496 e. The van der Waals surface area contributed by atoms with E-state index in [9.17, 15) is 9.18 Å². The second-order valence-electron chi connectivity index (χ2n) is 3.03. The van der Waals surface area contributed by atoms with E-state index in [-0.39, 0.29) is 0 Å². The van der Waals surface area contributed by atoms with Crippen LogP contribution < -0.4 is 4.74 Å². The van der Waals surface area contributed by atoms with Crippen molar-refractivity contribution in [1.82, 2.24) is 0 Å². The van der Waals surface area contributed by atoms with Crippen LogP contribution >= 0.6 is 0 Å². The highest BCUT2D eigenvalue weighted by molar-refractivity contribution is 5.89. The van der Waals surface area contributed by atoms with Gasteiger partial charge in [-0.25, -0.2) is 4.79 Å². The van der Waals surface area contributed by atoms with Crippen LogP contribution in [0.15, 0.2) is 24.0 Å². The number of hydrogen-bond acceptors (Lipinski definition) is 2. The lowest BCUT2D eigenvalue weighted by molar-refractivity contribution is -0.134. The lowest BCUT2D eigenvalue weighted by Gasteiger charge is -2.04. The number of aryl methyl sites for hydroxylation is 1. The van der Waals surface area contributed by atoms with Crippen molar-refractivity contribution in [2.24, 2.45) is 0 Å². The third-order valence-electron chi connectivity index (χ3n) is 1.92. The number of halogens is 1. The van der Waals surface area contributed by atoms with Crippen LogP contribution in [0.5, 0.6) is 5.75 Å². The van der Waals surface area contributed by atoms with Crippen LogP contribution in [0.2, 0.25) is 0 Å². The fourth-order valence-corrected chi connectivity index (χ4v) is 1.20. The Labute approximate surface area is 86.8 Å². The molecule has 0 amide bonds. The zero-order valence-electron chi connectivity index (χ0n) is 8.45. The van der Waals surface area contributed by atoms with Gasteiger partial charge in [0.1, 0.15) is 5.75 Å². The van der Waals surface area contributed by atoms with Gasteiger partial charge in [-0.15, -0.1) is 0 Å². The molecule has 4 heteroatoms. The molecule has 0 bridgehead atoms. The Morgan fingerprint density at radius 3 is 2.67 bits per heavy atom. The SMILES string of the molecule is COc1ccc(C=C(F)C(=O)O)cc1C. The molecule has 0 saturated heterocycles. The third kappa shape index (κ3) is 2.80. The van der Waals surface area contributed by atoms with Crippen LogP contribution in [0, 0.1) is 6.92 Å². The van der Waals surface area contributed by atoms with Crippen LogP contribution in [0.25, 0.3) is 6.08 Å². The van der Waals surface area contributed by atoms with Gasteiger partial charge in [-0.3, -0.25) is 0 Å². The summed E-state index contributed by atoms with van der Waals surface area (Å²) < 4.78 is 17.8. The van der Waals surface area contributed by atoms with E-state index in [0.717, 1.165) is 11.6 Å². The Bertz CT molecular complexity index is 410. The minimum absolute atomic E-state index is 0.494. The summed E-state index contributed by atoms with van der Waals surface area (Å²) in [5, 5.41) is 8.35. The highest BCUT2D eigenvalue weighted by Gasteiger charge is 2.05. The van der Waals surface area contributed by atoms with Crippen molar-refractivity contribution < 1.29 is 19.0 Å². The van der Waals surface area contributed by atoms with Crippen molar-refractivity contribution in [3.8, 4) is 5.75 Å². The average Bonchev–Trinajstić information content (AvgIpc) is 2.18. The van der Waals surface area contributed by atoms with E-state index in [2.05, 4.69) is 0 Å². The molecule has 15 heavy (non-hydrogen) atoms. The minimum Gasteiger partial charge on any atom is -0.496 e. The zero-order valence-corrected chi connectivity index (χ0v) is 8.45. The van der Waals surface area contributed by atoms with E-state index < -0.39 is 11.8 Å². The zero-order chi connectivity index (χ0) is 11.4. The number of ether oxygens (including phenoxy) is 1. The van der Waals surface area contributed by atoms with E-state index in [1.165, 1.54) is 7.11 Å². The second kappa shape index (κ2) is 4.59. The number of hydrogen-bond donors (Lipinski definition) is 1. The van der Waals surface area contributed by atoms with Crippen LogP contribution in [0.3, 0.4) is 0 Å². The molecule has 1 aromatic carbocycles. The molecule has 0 radical (unpaired) electrons. The number of methoxy groups -OCH3 is 1. The van der Waals surface area contributed by atoms with Crippen LogP contribution in [-0.4, -0.2) is 18.2 Å². The van der Waals surface area contributed by atoms with E-state index in [1.807, 2.05) is 0 Å². The van der Waals surface area contributed by atoms with Gasteiger partial charge in [-0.2, -0.15) is 4.39 Å². The van der Waals surface area contributed by atoms with E-state index >= 15 is 0 Å². The molecule has 0 atom stereocenters. The minimum atomic E-state index is -1.57. The smallest absolute Gasteiger partial charge is 0.364 e. The number of carboxylic acids is 1. The van der Waals surface area contributed by atoms with Gasteiger partial charge in [-0.05, 0) is 36.3 Å². The lowest BCUT2D eigenvalue weighted by Crippen LogP contribution is -1.94. The van der Waals surface area contributed by atoms with Crippen LogP contribution in [0.4, 0.5) is 4.39 Å². The summed E-state index contributed by atoms with van der Waals surface area (Å²) >= 11 is 0. The van der Waals surface area contributed by atoms with Crippen molar-refractivity contribution in [3.05, 3.63) is 35.2 Å². The first-order chi connectivity index (χ1) is 7.04. The molecule has 0 saturated carbocycles. The Balaban J connectivity index is 3.03. The monoisotopic (exact) mass is 210 g/mol. The van der Waals surface area contributed by atoms with Gasteiger partial charge in [0, 0.05) is 0 Å². The molecule has 1 N–H and O–H groups in total. The predicted octanol–water partition coefficient (Wildman–Crippen LogP) is 2.40. The molecule has 0 spiro atoms. The molecule has 0 aromatic heterocycles. The number of carboxylic acid groups (broad SMARTS) is 1. The molecule has 0 unspecified atom stereocenters. The van der Waals surface area contributed by atoms with Crippen molar-refractivity contribution in [3.63, 3.8) is 0 Å². The predicted molar refractivity (Wildman–Crippen MR) is 54.5 cm³/mol. The number of carbonyl (C=O) groups is 1. The molecule has 0 aliphatic heterocycles. The third-order valence-corrected chi connectivity index (χ3v) is 1.92. The van der Waals surface area contributed by atoms with Crippen LogP contribution in [-0.2, 0) is 4.79 Å². The maximum atomic E-state index is 12.8. The molecule has 0 aliphatic carbocycles. The van der Waals surface area contributed by atoms with Gasteiger partial charge in [-0.1, -0.05) is 6.07 Å². The maximum Gasteiger partial charge on any atom is 0.364 e. The molecule has 0 aliphatic rings. The summed E-state index contributed by atoms with van der Waals surface area (Å²) in [5.41, 5.74) is 1.32. The Kier molecular flexibility index (Phi) is 3.44. The molecule has 0 fully saturated rings. The Hall–Kier alpha value is -1.84. The van der Waals surface area contributed by atoms with Crippen molar-refractivity contribution in [1.29, 1.82) is 0 Å². The molecular formula is C11H11FO3. The highest BCUT2D eigenvalue weighted by atomic mass is 19.1. The van der Waals surface area contributed by atoms with Gasteiger partial charge in [0.15, 0.2) is 0 Å². The molecule has 3 nitrogen and oxygen atoms in total. The molecular weight excluding hydrogens is 199 g/mol. The maximum absolute atomic E-state index is 12.8. The highest BCUT2D eigenvalue weighted by Crippen LogP contribution is 2.20. The van der Waals surface area contributed by atoms with E-state index in [1.54, 1.807) is 25.1 Å². The fraction of sp³-hybridized carbons (Fsp3) is 0.182. The van der Waals surface area contributed by atoms with Crippen LogP contribution in [0.1, 0.15) is 11.1 Å². The number of benzene rings is 1. The Morgan fingerprint density at radius 2 is 2.20 bits per heavy atom. The van der Waals surface area contributed by atoms with Crippen molar-refractivity contribution in [2.75, 3.05) is 7.11 Å². The van der Waals surface area contributed by atoms with Crippen molar-refractivity contribution >= 4 is 12.0 Å². The summed E-state index contributed by atoms with van der Waals surface area (Å²) in [7, 11) is 1.54. The summed E-state index contributed by atoms with van der Waals surface area (Å²) in [6.07, 6.45) is 0.967. The second-order valence-corrected chi connectivity index (χ2v) is 3.03. The first-order valence-electron chi connectivity index (χ1n) is 4.29. The summed E-state index contributed by atoms with van der Waals surface area (Å²) in [6.45, 7) is 1.80. The van der Waals surface area contributed by atoms with Gasteiger partial charge in [0.05, 0.1) is 7.11 Å². The Morgan fingerprint density at radius 1 is 1.53 bits per heavy atom. The van der Waals surface area contributed by atoms with Gasteiger partial charge < -0.3 is 9.84 Å². The van der Waals surface area contributed by atoms with Gasteiger partial charge >= 0.3 is 5.97 Å².